The van der Waals surface area contributed by atoms with Gasteiger partial charge < -0.3 is 15.0 Å². The molecule has 86 valence electrons. The van der Waals surface area contributed by atoms with Crippen LogP contribution in [-0.4, -0.2) is 63.9 Å². The molecule has 0 aromatic carbocycles. The van der Waals surface area contributed by atoms with Crippen LogP contribution in [0, 0.1) is 0 Å². The van der Waals surface area contributed by atoms with Crippen molar-refractivity contribution in [3.8, 4) is 0 Å². The maximum absolute atomic E-state index is 4.94. The quantitative estimate of drug-likeness (QED) is 0.553. The number of rotatable bonds is 10. The number of hydrogen-bond donors (Lipinski definition) is 1. The van der Waals surface area contributed by atoms with Crippen molar-refractivity contribution in [2.24, 2.45) is 0 Å². The maximum Gasteiger partial charge on any atom is 0.0587 e. The van der Waals surface area contributed by atoms with E-state index in [1.165, 1.54) is 24.5 Å². The van der Waals surface area contributed by atoms with Gasteiger partial charge in [0.25, 0.3) is 0 Å². The second-order valence-corrected chi connectivity index (χ2v) is 4.74. The van der Waals surface area contributed by atoms with Crippen molar-refractivity contribution >= 4 is 11.8 Å². The number of nitrogens with one attached hydrogen (secondary N) is 1. The molecule has 0 fully saturated rings. The van der Waals surface area contributed by atoms with Crippen LogP contribution < -0.4 is 5.32 Å². The van der Waals surface area contributed by atoms with Crippen LogP contribution in [0.4, 0.5) is 0 Å². The van der Waals surface area contributed by atoms with E-state index in [1.807, 2.05) is 11.8 Å². The van der Waals surface area contributed by atoms with E-state index in [0.29, 0.717) is 0 Å². The summed E-state index contributed by atoms with van der Waals surface area (Å²) < 4.78 is 4.94. The summed E-state index contributed by atoms with van der Waals surface area (Å²) in [5.74, 6) is 2.50. The molecule has 0 saturated heterocycles. The summed E-state index contributed by atoms with van der Waals surface area (Å²) in [5, 5.41) is 3.34. The van der Waals surface area contributed by atoms with E-state index < -0.39 is 0 Å². The molecule has 0 aliphatic carbocycles. The van der Waals surface area contributed by atoms with E-state index in [2.05, 4.69) is 24.3 Å². The first kappa shape index (κ1) is 14.2. The molecule has 0 rings (SSSR count). The standard InChI is InChI=1S/C10H24N2OS/c1-12(2)7-10-14-9-4-5-11-6-8-13-3/h11H,4-10H2,1-3H3. The van der Waals surface area contributed by atoms with Crippen molar-refractivity contribution in [1.29, 1.82) is 0 Å². The molecular weight excluding hydrogens is 196 g/mol. The Morgan fingerprint density at radius 3 is 2.64 bits per heavy atom. The lowest BCUT2D eigenvalue weighted by atomic mass is 10.5. The second-order valence-electron chi connectivity index (χ2n) is 3.51. The van der Waals surface area contributed by atoms with Gasteiger partial charge in [0.2, 0.25) is 0 Å². The maximum atomic E-state index is 4.94. The summed E-state index contributed by atoms with van der Waals surface area (Å²) in [6, 6.07) is 0. The summed E-state index contributed by atoms with van der Waals surface area (Å²) in [6.07, 6.45) is 1.25. The third-order valence-electron chi connectivity index (χ3n) is 1.81. The van der Waals surface area contributed by atoms with Crippen LogP contribution in [0.5, 0.6) is 0 Å². The van der Waals surface area contributed by atoms with Gasteiger partial charge in [-0.25, -0.2) is 0 Å². The molecule has 0 aromatic heterocycles. The molecule has 0 heterocycles. The first-order valence-electron chi connectivity index (χ1n) is 5.19. The van der Waals surface area contributed by atoms with Crippen LogP contribution in [-0.2, 0) is 4.74 Å². The average molecular weight is 220 g/mol. The Morgan fingerprint density at radius 1 is 1.21 bits per heavy atom. The highest BCUT2D eigenvalue weighted by molar-refractivity contribution is 7.99. The first-order chi connectivity index (χ1) is 6.77. The normalized spacial score (nSPS) is 11.1. The van der Waals surface area contributed by atoms with Gasteiger partial charge in [0.05, 0.1) is 6.61 Å². The Morgan fingerprint density at radius 2 is 2.00 bits per heavy atom. The van der Waals surface area contributed by atoms with Gasteiger partial charge in [-0.3, -0.25) is 0 Å². The van der Waals surface area contributed by atoms with Crippen LogP contribution in [0.1, 0.15) is 6.42 Å². The summed E-state index contributed by atoms with van der Waals surface area (Å²) in [5.41, 5.74) is 0. The molecule has 0 saturated carbocycles. The molecule has 0 unspecified atom stereocenters. The Labute approximate surface area is 92.6 Å². The van der Waals surface area contributed by atoms with Crippen molar-refractivity contribution in [3.63, 3.8) is 0 Å². The molecule has 0 aliphatic rings. The monoisotopic (exact) mass is 220 g/mol. The summed E-state index contributed by atoms with van der Waals surface area (Å²) >= 11 is 2.03. The highest BCUT2D eigenvalue weighted by Gasteiger charge is 1.92. The minimum Gasteiger partial charge on any atom is -0.383 e. The molecule has 0 amide bonds. The lowest BCUT2D eigenvalue weighted by molar-refractivity contribution is 0.199. The fourth-order valence-corrected chi connectivity index (χ4v) is 1.99. The molecular formula is C10H24N2OS. The van der Waals surface area contributed by atoms with E-state index in [-0.39, 0.29) is 0 Å². The number of ether oxygens (including phenoxy) is 1. The molecule has 0 spiro atoms. The van der Waals surface area contributed by atoms with Crippen molar-refractivity contribution in [1.82, 2.24) is 10.2 Å². The number of hydrogen-bond acceptors (Lipinski definition) is 4. The molecule has 0 radical (unpaired) electrons. The van der Waals surface area contributed by atoms with Gasteiger partial charge in [-0.2, -0.15) is 11.8 Å². The fourth-order valence-electron chi connectivity index (χ4n) is 0.948. The van der Waals surface area contributed by atoms with Crippen LogP contribution in [0.3, 0.4) is 0 Å². The summed E-state index contributed by atoms with van der Waals surface area (Å²) in [7, 11) is 5.97. The van der Waals surface area contributed by atoms with E-state index in [9.17, 15) is 0 Å². The third-order valence-corrected chi connectivity index (χ3v) is 2.86. The number of thioether (sulfide) groups is 1. The largest absolute Gasteiger partial charge is 0.383 e. The Hall–Kier alpha value is 0.230. The third kappa shape index (κ3) is 12.2. The van der Waals surface area contributed by atoms with Crippen molar-refractivity contribution < 1.29 is 4.74 Å². The summed E-state index contributed by atoms with van der Waals surface area (Å²) in [6.45, 7) is 4.08. The molecule has 0 aliphatic heterocycles. The van der Waals surface area contributed by atoms with Crippen molar-refractivity contribution in [2.75, 3.05) is 59.0 Å². The lowest BCUT2D eigenvalue weighted by Gasteiger charge is -2.08. The van der Waals surface area contributed by atoms with Gasteiger partial charge in [0.1, 0.15) is 0 Å². The van der Waals surface area contributed by atoms with E-state index in [0.717, 1.165) is 19.7 Å². The number of methoxy groups -OCH3 is 1. The van der Waals surface area contributed by atoms with Crippen LogP contribution >= 0.6 is 11.8 Å². The van der Waals surface area contributed by atoms with E-state index in [4.69, 9.17) is 4.74 Å². The minimum absolute atomic E-state index is 0.813. The van der Waals surface area contributed by atoms with Crippen LogP contribution in [0.25, 0.3) is 0 Å². The van der Waals surface area contributed by atoms with E-state index >= 15 is 0 Å². The smallest absolute Gasteiger partial charge is 0.0587 e. The summed E-state index contributed by atoms with van der Waals surface area (Å²) in [4.78, 5) is 2.23. The zero-order valence-corrected chi connectivity index (χ0v) is 10.5. The topological polar surface area (TPSA) is 24.5 Å². The molecule has 4 heteroatoms. The predicted octanol–water partition coefficient (Wildman–Crippen LogP) is 0.907. The molecule has 1 N–H and O–H groups in total. The van der Waals surface area contributed by atoms with E-state index in [1.54, 1.807) is 7.11 Å². The lowest BCUT2D eigenvalue weighted by Crippen LogP contribution is -2.21. The van der Waals surface area contributed by atoms with Crippen LogP contribution in [0.15, 0.2) is 0 Å². The highest BCUT2D eigenvalue weighted by Crippen LogP contribution is 2.01. The van der Waals surface area contributed by atoms with Gasteiger partial charge in [-0.15, -0.1) is 0 Å². The average Bonchev–Trinajstić information content (AvgIpc) is 2.15. The van der Waals surface area contributed by atoms with Crippen LogP contribution in [0.2, 0.25) is 0 Å². The molecule has 0 atom stereocenters. The zero-order valence-electron chi connectivity index (χ0n) is 9.71. The fraction of sp³-hybridized carbons (Fsp3) is 1.00. The van der Waals surface area contributed by atoms with Gasteiger partial charge in [-0.1, -0.05) is 0 Å². The molecule has 14 heavy (non-hydrogen) atoms. The highest BCUT2D eigenvalue weighted by atomic mass is 32.2. The van der Waals surface area contributed by atoms with Crippen molar-refractivity contribution in [3.05, 3.63) is 0 Å². The Kier molecular flexibility index (Phi) is 11.5. The second kappa shape index (κ2) is 11.3. The minimum atomic E-state index is 0.813. The molecule has 3 nitrogen and oxygen atoms in total. The SMILES string of the molecule is COCCNCCCSCCN(C)C. The Bertz CT molecular complexity index is 112. The van der Waals surface area contributed by atoms with Gasteiger partial charge in [-0.05, 0) is 32.8 Å². The van der Waals surface area contributed by atoms with Gasteiger partial charge >= 0.3 is 0 Å². The molecule has 0 bridgehead atoms. The van der Waals surface area contributed by atoms with Crippen molar-refractivity contribution in [2.45, 2.75) is 6.42 Å². The Balaban J connectivity index is 2.85. The predicted molar refractivity (Wildman–Crippen MR) is 65.2 cm³/mol. The number of nitrogens with zero attached hydrogens (tertiary/aromatic N) is 1. The zero-order chi connectivity index (χ0) is 10.6. The molecule has 0 aromatic rings. The van der Waals surface area contributed by atoms with Gasteiger partial charge in [0.15, 0.2) is 0 Å². The first-order valence-corrected chi connectivity index (χ1v) is 6.35. The van der Waals surface area contributed by atoms with Gasteiger partial charge in [0, 0.05) is 26.0 Å².